The Morgan fingerprint density at radius 3 is 2.79 bits per heavy atom. The lowest BCUT2D eigenvalue weighted by Crippen LogP contribution is -2.43. The van der Waals surface area contributed by atoms with Gasteiger partial charge in [-0.15, -0.1) is 0 Å². The van der Waals surface area contributed by atoms with Gasteiger partial charge in [0, 0.05) is 0 Å². The number of halogens is 1. The van der Waals surface area contributed by atoms with Crippen LogP contribution in [-0.4, -0.2) is 13.2 Å². The lowest BCUT2D eigenvalue weighted by Gasteiger charge is -2.35. The van der Waals surface area contributed by atoms with Crippen LogP contribution in [0.25, 0.3) is 0 Å². The fourth-order valence-corrected chi connectivity index (χ4v) is 1.59. The van der Waals surface area contributed by atoms with Gasteiger partial charge in [0.05, 0.1) is 19.3 Å². The van der Waals surface area contributed by atoms with Crippen molar-refractivity contribution in [1.29, 1.82) is 5.26 Å². The fraction of sp³-hybridized carbons (Fsp3) is 0.364. The van der Waals surface area contributed by atoms with Gasteiger partial charge in [0.25, 0.3) is 0 Å². The van der Waals surface area contributed by atoms with Gasteiger partial charge in [-0.2, -0.15) is 5.26 Å². The highest BCUT2D eigenvalue weighted by molar-refractivity contribution is 5.21. The van der Waals surface area contributed by atoms with Gasteiger partial charge in [-0.25, -0.2) is 4.39 Å². The number of hydrogen-bond acceptors (Lipinski definition) is 2. The second-order valence-corrected chi connectivity index (χ2v) is 3.69. The largest absolute Gasteiger partial charge is 0.378 e. The molecule has 1 fully saturated rings. The Morgan fingerprint density at radius 2 is 2.29 bits per heavy atom. The molecule has 0 spiro atoms. The van der Waals surface area contributed by atoms with Crippen molar-refractivity contribution in [1.82, 2.24) is 0 Å². The monoisotopic (exact) mass is 191 g/mol. The van der Waals surface area contributed by atoms with Gasteiger partial charge in [0.1, 0.15) is 11.2 Å². The maximum Gasteiger partial charge on any atom is 0.123 e. The molecule has 1 aliphatic heterocycles. The zero-order valence-corrected chi connectivity index (χ0v) is 7.66. The lowest BCUT2D eigenvalue weighted by molar-refractivity contribution is -0.0765. The molecule has 2 rings (SSSR count). The van der Waals surface area contributed by atoms with E-state index in [-0.39, 0.29) is 5.82 Å². The zero-order valence-electron chi connectivity index (χ0n) is 7.66. The summed E-state index contributed by atoms with van der Waals surface area (Å²) in [6.45, 7) is 0.917. The molecule has 0 amide bonds. The maximum atomic E-state index is 12.9. The Balaban J connectivity index is 2.14. The van der Waals surface area contributed by atoms with Crippen molar-refractivity contribution in [2.24, 2.45) is 5.41 Å². The van der Waals surface area contributed by atoms with Gasteiger partial charge in [-0.1, -0.05) is 12.1 Å². The smallest absolute Gasteiger partial charge is 0.123 e. The van der Waals surface area contributed by atoms with Crippen LogP contribution in [-0.2, 0) is 11.2 Å². The molecule has 1 heterocycles. The summed E-state index contributed by atoms with van der Waals surface area (Å²) in [4.78, 5) is 0. The summed E-state index contributed by atoms with van der Waals surface area (Å²) < 4.78 is 17.9. The molecule has 0 unspecified atom stereocenters. The first kappa shape index (κ1) is 9.17. The minimum Gasteiger partial charge on any atom is -0.378 e. The predicted octanol–water partition coefficient (Wildman–Crippen LogP) is 1.91. The summed E-state index contributed by atoms with van der Waals surface area (Å²) in [6.07, 6.45) is 0.571. The summed E-state index contributed by atoms with van der Waals surface area (Å²) in [5.74, 6) is -0.254. The first-order valence-electron chi connectivity index (χ1n) is 4.48. The SMILES string of the molecule is N#CC1(Cc2cccc(F)c2)COC1. The van der Waals surface area contributed by atoms with Crippen molar-refractivity contribution in [2.75, 3.05) is 13.2 Å². The summed E-state index contributed by atoms with van der Waals surface area (Å²) in [5, 5.41) is 8.94. The molecule has 14 heavy (non-hydrogen) atoms. The molecule has 3 heteroatoms. The predicted molar refractivity (Wildman–Crippen MR) is 49.0 cm³/mol. The van der Waals surface area contributed by atoms with Gasteiger partial charge in [-0.3, -0.25) is 0 Å². The third kappa shape index (κ3) is 1.61. The van der Waals surface area contributed by atoms with E-state index in [1.165, 1.54) is 12.1 Å². The minimum atomic E-state index is -0.423. The van der Waals surface area contributed by atoms with Crippen molar-refractivity contribution >= 4 is 0 Å². The summed E-state index contributed by atoms with van der Waals surface area (Å²) in [6, 6.07) is 8.60. The normalized spacial score (nSPS) is 18.3. The molecule has 0 bridgehead atoms. The van der Waals surface area contributed by atoms with E-state index in [1.807, 2.05) is 6.07 Å². The number of benzene rings is 1. The highest BCUT2D eigenvalue weighted by atomic mass is 19.1. The Morgan fingerprint density at radius 1 is 1.50 bits per heavy atom. The molecular weight excluding hydrogens is 181 g/mol. The van der Waals surface area contributed by atoms with Gasteiger partial charge < -0.3 is 4.74 Å². The third-order valence-corrected chi connectivity index (χ3v) is 2.43. The number of ether oxygens (including phenoxy) is 1. The number of rotatable bonds is 2. The summed E-state index contributed by atoms with van der Waals surface area (Å²) in [7, 11) is 0. The van der Waals surface area contributed by atoms with E-state index in [2.05, 4.69) is 6.07 Å². The Labute approximate surface area is 81.9 Å². The van der Waals surface area contributed by atoms with Gasteiger partial charge >= 0.3 is 0 Å². The van der Waals surface area contributed by atoms with Crippen molar-refractivity contribution in [3.8, 4) is 6.07 Å². The molecule has 0 aliphatic carbocycles. The molecule has 0 atom stereocenters. The van der Waals surface area contributed by atoms with E-state index >= 15 is 0 Å². The van der Waals surface area contributed by atoms with E-state index in [9.17, 15) is 4.39 Å². The molecular formula is C11H10FNO. The Kier molecular flexibility index (Phi) is 2.22. The van der Waals surface area contributed by atoms with Crippen molar-refractivity contribution in [2.45, 2.75) is 6.42 Å². The quantitative estimate of drug-likeness (QED) is 0.715. The van der Waals surface area contributed by atoms with Crippen LogP contribution in [0, 0.1) is 22.6 Å². The molecule has 0 saturated carbocycles. The molecule has 1 saturated heterocycles. The molecule has 1 aliphatic rings. The molecule has 1 aromatic rings. The molecule has 0 radical (unpaired) electrons. The third-order valence-electron chi connectivity index (χ3n) is 2.43. The molecule has 0 N–H and O–H groups in total. The van der Waals surface area contributed by atoms with Gasteiger partial charge in [0.15, 0.2) is 0 Å². The van der Waals surface area contributed by atoms with Crippen LogP contribution in [0.1, 0.15) is 5.56 Å². The Hall–Kier alpha value is -1.40. The van der Waals surface area contributed by atoms with Crippen LogP contribution in [0.2, 0.25) is 0 Å². The molecule has 0 aromatic heterocycles. The van der Waals surface area contributed by atoms with Crippen molar-refractivity contribution < 1.29 is 9.13 Å². The van der Waals surface area contributed by atoms with E-state index < -0.39 is 5.41 Å². The highest BCUT2D eigenvalue weighted by Gasteiger charge is 2.38. The fourth-order valence-electron chi connectivity index (χ4n) is 1.59. The van der Waals surface area contributed by atoms with Crippen molar-refractivity contribution in [3.05, 3.63) is 35.6 Å². The van der Waals surface area contributed by atoms with E-state index in [0.717, 1.165) is 5.56 Å². The minimum absolute atomic E-state index is 0.254. The molecule has 1 aromatic carbocycles. The van der Waals surface area contributed by atoms with Gasteiger partial charge in [-0.05, 0) is 24.1 Å². The first-order chi connectivity index (χ1) is 6.74. The summed E-state index contributed by atoms with van der Waals surface area (Å²) in [5.41, 5.74) is 0.434. The van der Waals surface area contributed by atoms with Crippen LogP contribution in [0.5, 0.6) is 0 Å². The second-order valence-electron chi connectivity index (χ2n) is 3.69. The topological polar surface area (TPSA) is 33.0 Å². The number of hydrogen-bond donors (Lipinski definition) is 0. The summed E-state index contributed by atoms with van der Waals surface area (Å²) >= 11 is 0. The average molecular weight is 191 g/mol. The highest BCUT2D eigenvalue weighted by Crippen LogP contribution is 2.30. The van der Waals surface area contributed by atoms with Crippen LogP contribution in [0.3, 0.4) is 0 Å². The van der Waals surface area contributed by atoms with Crippen LogP contribution >= 0.6 is 0 Å². The van der Waals surface area contributed by atoms with E-state index in [0.29, 0.717) is 19.6 Å². The lowest BCUT2D eigenvalue weighted by atomic mass is 9.81. The van der Waals surface area contributed by atoms with E-state index in [4.69, 9.17) is 10.00 Å². The van der Waals surface area contributed by atoms with E-state index in [1.54, 1.807) is 6.07 Å². The number of nitriles is 1. The first-order valence-corrected chi connectivity index (χ1v) is 4.48. The zero-order chi connectivity index (χ0) is 10.0. The second kappa shape index (κ2) is 3.39. The van der Waals surface area contributed by atoms with Gasteiger partial charge in [0.2, 0.25) is 0 Å². The maximum absolute atomic E-state index is 12.9. The number of nitrogens with zero attached hydrogens (tertiary/aromatic N) is 1. The van der Waals surface area contributed by atoms with Crippen LogP contribution < -0.4 is 0 Å². The standard InChI is InChI=1S/C11H10FNO/c12-10-3-1-2-9(4-10)5-11(6-13)7-14-8-11/h1-4H,5,7-8H2. The van der Waals surface area contributed by atoms with Crippen LogP contribution in [0.4, 0.5) is 4.39 Å². The molecule has 2 nitrogen and oxygen atoms in total. The average Bonchev–Trinajstić information content (AvgIpc) is 2.11. The van der Waals surface area contributed by atoms with Crippen molar-refractivity contribution in [3.63, 3.8) is 0 Å². The Bertz CT molecular complexity index is 379. The van der Waals surface area contributed by atoms with Crippen LogP contribution in [0.15, 0.2) is 24.3 Å². The molecule has 72 valence electrons.